The van der Waals surface area contributed by atoms with Gasteiger partial charge in [-0.1, -0.05) is 6.07 Å². The van der Waals surface area contributed by atoms with Gasteiger partial charge in [0.05, 0.1) is 19.8 Å². The van der Waals surface area contributed by atoms with Crippen LogP contribution >= 0.6 is 11.3 Å². The number of aliphatic hydroxyl groups is 1. The molecule has 14 heavy (non-hydrogen) atoms. The van der Waals surface area contributed by atoms with Crippen LogP contribution in [0.15, 0.2) is 17.5 Å². The van der Waals surface area contributed by atoms with Crippen LogP contribution in [0, 0.1) is 0 Å². The Hall–Kier alpha value is -0.420. The number of aliphatic hydroxyl groups excluding tert-OH is 1. The largest absolute Gasteiger partial charge is 0.394 e. The van der Waals surface area contributed by atoms with Gasteiger partial charge in [0.1, 0.15) is 0 Å². The highest BCUT2D eigenvalue weighted by atomic mass is 32.1. The van der Waals surface area contributed by atoms with Gasteiger partial charge in [0.25, 0.3) is 0 Å². The van der Waals surface area contributed by atoms with Gasteiger partial charge in [-0.25, -0.2) is 0 Å². The Kier molecular flexibility index (Phi) is 5.78. The first-order valence-corrected chi connectivity index (χ1v) is 5.68. The minimum Gasteiger partial charge on any atom is -0.394 e. The Balaban J connectivity index is 2.07. The summed E-state index contributed by atoms with van der Waals surface area (Å²) in [5.74, 6) is 0. The first-order valence-electron chi connectivity index (χ1n) is 4.80. The molecule has 0 amide bonds. The third-order valence-electron chi connectivity index (χ3n) is 1.90. The van der Waals surface area contributed by atoms with Gasteiger partial charge >= 0.3 is 0 Å². The molecule has 1 aromatic heterocycles. The second kappa shape index (κ2) is 6.95. The second-order valence-electron chi connectivity index (χ2n) is 3.03. The molecule has 1 rings (SSSR count). The Morgan fingerprint density at radius 1 is 1.57 bits per heavy atom. The van der Waals surface area contributed by atoms with Crippen molar-refractivity contribution in [2.45, 2.75) is 13.0 Å². The number of ether oxygens (including phenoxy) is 1. The van der Waals surface area contributed by atoms with E-state index >= 15 is 0 Å². The molecular formula is C10H17NO2S. The first kappa shape index (κ1) is 11.7. The van der Waals surface area contributed by atoms with Crippen molar-refractivity contribution in [1.29, 1.82) is 0 Å². The molecule has 0 aromatic carbocycles. The van der Waals surface area contributed by atoms with Crippen molar-refractivity contribution in [1.82, 2.24) is 5.32 Å². The maximum Gasteiger partial charge on any atom is 0.0698 e. The van der Waals surface area contributed by atoms with Crippen LogP contribution in [0.3, 0.4) is 0 Å². The highest BCUT2D eigenvalue weighted by Crippen LogP contribution is 2.17. The SMILES string of the molecule is CC(NCCOCCO)c1cccs1. The van der Waals surface area contributed by atoms with Gasteiger partial charge in [-0.05, 0) is 18.4 Å². The molecule has 80 valence electrons. The van der Waals surface area contributed by atoms with E-state index in [1.165, 1.54) is 4.88 Å². The highest BCUT2D eigenvalue weighted by molar-refractivity contribution is 7.10. The first-order chi connectivity index (χ1) is 6.84. The zero-order valence-electron chi connectivity index (χ0n) is 8.40. The topological polar surface area (TPSA) is 41.5 Å². The van der Waals surface area contributed by atoms with E-state index in [-0.39, 0.29) is 6.61 Å². The molecule has 0 bridgehead atoms. The maximum absolute atomic E-state index is 8.48. The molecule has 0 radical (unpaired) electrons. The fraction of sp³-hybridized carbons (Fsp3) is 0.600. The minimum atomic E-state index is 0.0977. The van der Waals surface area contributed by atoms with Crippen LogP contribution in [0.1, 0.15) is 17.8 Å². The van der Waals surface area contributed by atoms with E-state index in [2.05, 4.69) is 29.8 Å². The highest BCUT2D eigenvalue weighted by Gasteiger charge is 2.03. The smallest absolute Gasteiger partial charge is 0.0698 e. The molecule has 0 aliphatic rings. The minimum absolute atomic E-state index is 0.0977. The fourth-order valence-corrected chi connectivity index (χ4v) is 1.91. The molecule has 0 aliphatic heterocycles. The Morgan fingerprint density at radius 3 is 3.07 bits per heavy atom. The maximum atomic E-state index is 8.48. The second-order valence-corrected chi connectivity index (χ2v) is 4.01. The number of rotatable bonds is 7. The quantitative estimate of drug-likeness (QED) is 0.676. The van der Waals surface area contributed by atoms with E-state index in [0.717, 1.165) is 6.54 Å². The van der Waals surface area contributed by atoms with Crippen molar-refractivity contribution in [3.63, 3.8) is 0 Å². The van der Waals surface area contributed by atoms with Gasteiger partial charge in [-0.3, -0.25) is 0 Å². The molecule has 0 aliphatic carbocycles. The lowest BCUT2D eigenvalue weighted by atomic mass is 10.3. The van der Waals surface area contributed by atoms with Gasteiger partial charge in [0, 0.05) is 17.5 Å². The molecule has 1 aromatic rings. The molecular weight excluding hydrogens is 198 g/mol. The molecule has 1 atom stereocenters. The predicted molar refractivity (Wildman–Crippen MR) is 58.6 cm³/mol. The summed E-state index contributed by atoms with van der Waals surface area (Å²) < 4.78 is 5.14. The normalized spacial score (nSPS) is 13.0. The summed E-state index contributed by atoms with van der Waals surface area (Å²) in [6, 6.07) is 4.56. The van der Waals surface area contributed by atoms with Gasteiger partial charge in [0.15, 0.2) is 0 Å². The molecule has 0 saturated carbocycles. The van der Waals surface area contributed by atoms with E-state index in [1.54, 1.807) is 11.3 Å². The number of hydrogen-bond acceptors (Lipinski definition) is 4. The molecule has 1 heterocycles. The summed E-state index contributed by atoms with van der Waals surface area (Å²) in [5.41, 5.74) is 0. The lowest BCUT2D eigenvalue weighted by Gasteiger charge is -2.11. The van der Waals surface area contributed by atoms with E-state index in [4.69, 9.17) is 9.84 Å². The van der Waals surface area contributed by atoms with Crippen LogP contribution in [-0.4, -0.2) is 31.5 Å². The molecule has 0 fully saturated rings. The van der Waals surface area contributed by atoms with E-state index in [9.17, 15) is 0 Å². The summed E-state index contributed by atoms with van der Waals surface area (Å²) in [7, 11) is 0. The Labute approximate surface area is 88.7 Å². The van der Waals surface area contributed by atoms with Crippen LogP contribution in [-0.2, 0) is 4.74 Å². The Morgan fingerprint density at radius 2 is 2.43 bits per heavy atom. The summed E-state index contributed by atoms with van der Waals surface area (Å²) in [6.45, 7) is 4.13. The zero-order valence-corrected chi connectivity index (χ0v) is 9.22. The van der Waals surface area contributed by atoms with Crippen molar-refractivity contribution < 1.29 is 9.84 Å². The van der Waals surface area contributed by atoms with Crippen molar-refractivity contribution in [2.24, 2.45) is 0 Å². The predicted octanol–water partition coefficient (Wildman–Crippen LogP) is 1.41. The zero-order chi connectivity index (χ0) is 10.2. The molecule has 4 heteroatoms. The van der Waals surface area contributed by atoms with Crippen LogP contribution in [0.2, 0.25) is 0 Å². The average Bonchev–Trinajstić information content (AvgIpc) is 2.70. The van der Waals surface area contributed by atoms with E-state index in [1.807, 2.05) is 0 Å². The lowest BCUT2D eigenvalue weighted by molar-refractivity contribution is 0.0929. The fourth-order valence-electron chi connectivity index (χ4n) is 1.15. The van der Waals surface area contributed by atoms with Gasteiger partial charge < -0.3 is 15.2 Å². The van der Waals surface area contributed by atoms with Crippen LogP contribution < -0.4 is 5.32 Å². The number of thiophene rings is 1. The van der Waals surface area contributed by atoms with Gasteiger partial charge in [-0.2, -0.15) is 0 Å². The van der Waals surface area contributed by atoms with Gasteiger partial charge in [0.2, 0.25) is 0 Å². The van der Waals surface area contributed by atoms with Crippen molar-refractivity contribution in [3.8, 4) is 0 Å². The van der Waals surface area contributed by atoms with E-state index in [0.29, 0.717) is 19.3 Å². The van der Waals surface area contributed by atoms with Crippen molar-refractivity contribution in [2.75, 3.05) is 26.4 Å². The Bertz CT molecular complexity index is 226. The van der Waals surface area contributed by atoms with Crippen molar-refractivity contribution in [3.05, 3.63) is 22.4 Å². The number of hydrogen-bond donors (Lipinski definition) is 2. The third-order valence-corrected chi connectivity index (χ3v) is 2.96. The molecule has 0 saturated heterocycles. The summed E-state index contributed by atoms with van der Waals surface area (Å²) in [6.07, 6.45) is 0. The van der Waals surface area contributed by atoms with Crippen LogP contribution in [0.25, 0.3) is 0 Å². The summed E-state index contributed by atoms with van der Waals surface area (Å²) in [4.78, 5) is 1.34. The summed E-state index contributed by atoms with van der Waals surface area (Å²) in [5, 5.41) is 13.9. The van der Waals surface area contributed by atoms with Crippen LogP contribution in [0.4, 0.5) is 0 Å². The van der Waals surface area contributed by atoms with E-state index < -0.39 is 0 Å². The van der Waals surface area contributed by atoms with Crippen molar-refractivity contribution >= 4 is 11.3 Å². The molecule has 1 unspecified atom stereocenters. The standard InChI is InChI=1S/C10H17NO2S/c1-9(10-3-2-8-14-10)11-4-6-13-7-5-12/h2-3,8-9,11-12H,4-7H2,1H3. The van der Waals surface area contributed by atoms with Gasteiger partial charge in [-0.15, -0.1) is 11.3 Å². The molecule has 2 N–H and O–H groups in total. The average molecular weight is 215 g/mol. The third kappa shape index (κ3) is 4.19. The number of nitrogens with one attached hydrogen (secondary N) is 1. The monoisotopic (exact) mass is 215 g/mol. The van der Waals surface area contributed by atoms with Crippen LogP contribution in [0.5, 0.6) is 0 Å². The lowest BCUT2D eigenvalue weighted by Crippen LogP contribution is -2.23. The molecule has 0 spiro atoms. The molecule has 3 nitrogen and oxygen atoms in total. The summed E-state index contributed by atoms with van der Waals surface area (Å²) >= 11 is 1.76.